The van der Waals surface area contributed by atoms with E-state index in [4.69, 9.17) is 19.4 Å². The van der Waals surface area contributed by atoms with Gasteiger partial charge in [-0.25, -0.2) is 15.0 Å². The number of hydrogen-bond donors (Lipinski definition) is 0. The number of benzene rings is 7. The molecule has 0 radical (unpaired) electrons. The number of aromatic nitrogens is 3. The quantitative estimate of drug-likeness (QED) is 0.150. The third kappa shape index (κ3) is 5.92. The minimum atomic E-state index is 0.589. The molecule has 9 aromatic rings. The highest BCUT2D eigenvalue weighted by Crippen LogP contribution is 2.42. The van der Waals surface area contributed by atoms with Crippen molar-refractivity contribution < 1.29 is 4.42 Å². The maximum atomic E-state index is 6.86. The molecule has 53 heavy (non-hydrogen) atoms. The van der Waals surface area contributed by atoms with Crippen molar-refractivity contribution in [3.8, 4) is 56.4 Å². The largest absolute Gasteiger partial charge is 0.455 e. The van der Waals surface area contributed by atoms with E-state index in [-0.39, 0.29) is 0 Å². The third-order valence-corrected chi connectivity index (χ3v) is 9.63. The van der Waals surface area contributed by atoms with Crippen LogP contribution in [0.5, 0.6) is 0 Å². The summed E-state index contributed by atoms with van der Waals surface area (Å²) in [5, 5.41) is 4.04. The van der Waals surface area contributed by atoms with E-state index in [2.05, 4.69) is 98.1 Å². The lowest BCUT2D eigenvalue weighted by molar-refractivity contribution is 0.673. The molecule has 250 valence electrons. The Morgan fingerprint density at radius 2 is 1.08 bits per heavy atom. The summed E-state index contributed by atoms with van der Waals surface area (Å²) in [5.74, 6) is 1.82. The van der Waals surface area contributed by atoms with Crippen LogP contribution in [0.15, 0.2) is 194 Å². The second-order valence-electron chi connectivity index (χ2n) is 12.9. The lowest BCUT2D eigenvalue weighted by atomic mass is 9.92. The Labute approximate surface area is 307 Å². The van der Waals surface area contributed by atoms with Crippen molar-refractivity contribution in [3.05, 3.63) is 195 Å². The first-order valence-corrected chi connectivity index (χ1v) is 17.6. The molecule has 0 N–H and O–H groups in total. The molecule has 0 aliphatic rings. The molecule has 2 aromatic heterocycles. The first-order valence-electron chi connectivity index (χ1n) is 17.6. The van der Waals surface area contributed by atoms with Gasteiger partial charge in [0.05, 0.1) is 0 Å². The van der Waals surface area contributed by atoms with Crippen molar-refractivity contribution in [2.45, 2.75) is 0 Å². The van der Waals surface area contributed by atoms with Crippen molar-refractivity contribution in [3.63, 3.8) is 0 Å². The Bertz CT molecular complexity index is 2800. The van der Waals surface area contributed by atoms with E-state index in [1.807, 2.05) is 84.9 Å². The average molecular weight is 680 g/mol. The van der Waals surface area contributed by atoms with Gasteiger partial charge in [-0.15, -0.1) is 0 Å². The number of rotatable bonds is 8. The van der Waals surface area contributed by atoms with Gasteiger partial charge in [-0.3, -0.25) is 0 Å². The molecular weight excluding hydrogens is 647 g/mol. The summed E-state index contributed by atoms with van der Waals surface area (Å²) in [6.07, 6.45) is 5.66. The Morgan fingerprint density at radius 1 is 0.491 bits per heavy atom. The standard InChI is InChI=1S/C49H33N3O/c1-3-16-32(4-2)38-27-39(33-17-8-5-9-18-33)29-40(28-38)36-25-26-42-44(31-36)53-46-41-24-15-14-23-37(41)30-43(45(42)46)49-51-47(34-19-10-6-11-20-34)50-48(52-49)35-21-12-7-13-22-35/h3-31H,1-2H2/b32-16+. The lowest BCUT2D eigenvalue weighted by Gasteiger charge is -2.12. The van der Waals surface area contributed by atoms with Crippen molar-refractivity contribution in [1.29, 1.82) is 0 Å². The summed E-state index contributed by atoms with van der Waals surface area (Å²) in [6, 6.07) is 54.2. The van der Waals surface area contributed by atoms with Gasteiger partial charge in [-0.1, -0.05) is 153 Å². The van der Waals surface area contributed by atoms with Crippen LogP contribution in [0, 0.1) is 0 Å². The highest BCUT2D eigenvalue weighted by molar-refractivity contribution is 6.21. The van der Waals surface area contributed by atoms with Crippen LogP contribution < -0.4 is 0 Å². The zero-order chi connectivity index (χ0) is 35.7. The Kier molecular flexibility index (Phi) is 8.10. The van der Waals surface area contributed by atoms with E-state index >= 15 is 0 Å². The molecule has 0 fully saturated rings. The monoisotopic (exact) mass is 679 g/mol. The van der Waals surface area contributed by atoms with Gasteiger partial charge < -0.3 is 4.42 Å². The van der Waals surface area contributed by atoms with E-state index in [1.54, 1.807) is 6.08 Å². The van der Waals surface area contributed by atoms with Gasteiger partial charge in [0.15, 0.2) is 17.5 Å². The average Bonchev–Trinajstić information content (AvgIpc) is 3.62. The van der Waals surface area contributed by atoms with Crippen molar-refractivity contribution >= 4 is 38.3 Å². The van der Waals surface area contributed by atoms with Crippen LogP contribution in [0.2, 0.25) is 0 Å². The second kappa shape index (κ2) is 13.5. The molecule has 0 saturated carbocycles. The molecule has 0 amide bonds. The van der Waals surface area contributed by atoms with E-state index in [1.165, 1.54) is 0 Å². The number of hydrogen-bond acceptors (Lipinski definition) is 4. The molecule has 2 heterocycles. The maximum Gasteiger partial charge on any atom is 0.164 e. The highest BCUT2D eigenvalue weighted by atomic mass is 16.3. The zero-order valence-corrected chi connectivity index (χ0v) is 28.9. The summed E-state index contributed by atoms with van der Waals surface area (Å²) in [6.45, 7) is 8.02. The van der Waals surface area contributed by atoms with Gasteiger partial charge in [-0.05, 0) is 75.2 Å². The van der Waals surface area contributed by atoms with Gasteiger partial charge >= 0.3 is 0 Å². The molecule has 4 heteroatoms. The fourth-order valence-electron chi connectivity index (χ4n) is 7.06. The molecular formula is C49H33N3O. The smallest absolute Gasteiger partial charge is 0.164 e. The third-order valence-electron chi connectivity index (χ3n) is 9.63. The number of furan rings is 1. The van der Waals surface area contributed by atoms with Crippen molar-refractivity contribution in [1.82, 2.24) is 15.0 Å². The Balaban J connectivity index is 1.28. The van der Waals surface area contributed by atoms with Gasteiger partial charge in [-0.2, -0.15) is 0 Å². The molecule has 7 aromatic carbocycles. The normalized spacial score (nSPS) is 11.7. The summed E-state index contributed by atoms with van der Waals surface area (Å²) in [5.41, 5.74) is 10.8. The van der Waals surface area contributed by atoms with E-state index in [0.29, 0.717) is 17.5 Å². The van der Waals surface area contributed by atoms with Gasteiger partial charge in [0, 0.05) is 32.8 Å². The molecule has 0 spiro atoms. The molecule has 0 bridgehead atoms. The van der Waals surface area contributed by atoms with Crippen LogP contribution in [-0.4, -0.2) is 15.0 Å². The van der Waals surface area contributed by atoms with Crippen LogP contribution >= 0.6 is 0 Å². The lowest BCUT2D eigenvalue weighted by Crippen LogP contribution is -2.00. The van der Waals surface area contributed by atoms with Crippen molar-refractivity contribution in [2.75, 3.05) is 0 Å². The van der Waals surface area contributed by atoms with E-state index < -0.39 is 0 Å². The highest BCUT2D eigenvalue weighted by Gasteiger charge is 2.21. The van der Waals surface area contributed by atoms with E-state index in [9.17, 15) is 0 Å². The van der Waals surface area contributed by atoms with Gasteiger partial charge in [0.2, 0.25) is 0 Å². The Hall–Kier alpha value is -7.17. The maximum absolute atomic E-state index is 6.86. The summed E-state index contributed by atoms with van der Waals surface area (Å²) < 4.78 is 6.86. The zero-order valence-electron chi connectivity index (χ0n) is 28.9. The van der Waals surface area contributed by atoms with E-state index in [0.717, 1.165) is 82.8 Å². The topological polar surface area (TPSA) is 51.8 Å². The first kappa shape index (κ1) is 31.8. The minimum Gasteiger partial charge on any atom is -0.455 e. The molecule has 0 saturated heterocycles. The Morgan fingerprint density at radius 3 is 1.72 bits per heavy atom. The van der Waals surface area contributed by atoms with Crippen LogP contribution in [0.4, 0.5) is 0 Å². The minimum absolute atomic E-state index is 0.589. The van der Waals surface area contributed by atoms with Gasteiger partial charge in [0.1, 0.15) is 11.2 Å². The van der Waals surface area contributed by atoms with Crippen LogP contribution in [-0.2, 0) is 0 Å². The number of fused-ring (bicyclic) bond motifs is 5. The molecule has 4 nitrogen and oxygen atoms in total. The fraction of sp³-hybridized carbons (Fsp3) is 0. The molecule has 9 rings (SSSR count). The van der Waals surface area contributed by atoms with Crippen LogP contribution in [0.25, 0.3) is 94.7 Å². The fourth-order valence-corrected chi connectivity index (χ4v) is 7.06. The summed E-state index contributed by atoms with van der Waals surface area (Å²) >= 11 is 0. The molecule has 0 atom stereocenters. The van der Waals surface area contributed by atoms with Gasteiger partial charge in [0.25, 0.3) is 0 Å². The molecule has 0 aliphatic heterocycles. The second-order valence-corrected chi connectivity index (χ2v) is 12.9. The van der Waals surface area contributed by atoms with Crippen LogP contribution in [0.3, 0.4) is 0 Å². The number of allylic oxidation sites excluding steroid dienone is 4. The van der Waals surface area contributed by atoms with Crippen molar-refractivity contribution in [2.24, 2.45) is 0 Å². The molecule has 0 aliphatic carbocycles. The number of nitrogens with zero attached hydrogens (tertiary/aromatic N) is 3. The van der Waals surface area contributed by atoms with Crippen LogP contribution in [0.1, 0.15) is 5.56 Å². The first-order chi connectivity index (χ1) is 26.2. The predicted octanol–water partition coefficient (Wildman–Crippen LogP) is 13.0. The predicted molar refractivity (Wildman–Crippen MR) is 220 cm³/mol. The summed E-state index contributed by atoms with van der Waals surface area (Å²) in [7, 11) is 0. The summed E-state index contributed by atoms with van der Waals surface area (Å²) in [4.78, 5) is 15.2. The molecule has 0 unspecified atom stereocenters. The SMILES string of the molecule is C=C/C=C(\C=C)c1cc(-c2ccccc2)cc(-c2ccc3c(c2)oc2c4ccccc4cc(-c4nc(-c5ccccc5)nc(-c5ccccc5)n4)c32)c1.